The van der Waals surface area contributed by atoms with Crippen molar-refractivity contribution in [3.8, 4) is 0 Å². The summed E-state index contributed by atoms with van der Waals surface area (Å²) < 4.78 is 4.95. The molecule has 0 spiro atoms. The molecule has 0 saturated carbocycles. The van der Waals surface area contributed by atoms with E-state index in [0.717, 1.165) is 10.7 Å². The molecule has 1 N–H and O–H groups in total. The van der Waals surface area contributed by atoms with Crippen molar-refractivity contribution >= 4 is 23.2 Å². The van der Waals surface area contributed by atoms with E-state index in [1.807, 2.05) is 12.3 Å². The van der Waals surface area contributed by atoms with Crippen LogP contribution in [0.15, 0.2) is 5.38 Å². The van der Waals surface area contributed by atoms with E-state index < -0.39 is 6.04 Å². The zero-order chi connectivity index (χ0) is 12.4. The van der Waals surface area contributed by atoms with Gasteiger partial charge in [0.1, 0.15) is 6.04 Å². The monoisotopic (exact) mass is 254 g/mol. The maximum atomic E-state index is 11.7. The zero-order valence-corrected chi connectivity index (χ0v) is 10.5. The molecule has 2 atom stereocenters. The third kappa shape index (κ3) is 2.46. The fourth-order valence-electron chi connectivity index (χ4n) is 1.93. The van der Waals surface area contributed by atoms with E-state index in [1.54, 1.807) is 6.92 Å². The predicted octanol–water partition coefficient (Wildman–Crippen LogP) is 0.987. The molecule has 1 aliphatic heterocycles. The van der Waals surface area contributed by atoms with E-state index in [1.165, 1.54) is 11.3 Å². The second-order valence-corrected chi connectivity index (χ2v) is 4.96. The quantitative estimate of drug-likeness (QED) is 0.817. The molecule has 0 bridgehead atoms. The highest BCUT2D eigenvalue weighted by atomic mass is 32.1. The highest BCUT2D eigenvalue weighted by Crippen LogP contribution is 2.29. The Labute approximate surface area is 103 Å². The average molecular weight is 254 g/mol. The third-order valence-corrected chi connectivity index (χ3v) is 3.47. The van der Waals surface area contributed by atoms with Gasteiger partial charge in [-0.05, 0) is 13.8 Å². The Hall–Kier alpha value is -1.43. The molecule has 5 nitrogen and oxygen atoms in total. The van der Waals surface area contributed by atoms with E-state index >= 15 is 0 Å². The number of rotatable bonds is 3. The molecule has 1 aliphatic rings. The standard InChI is InChI=1S/C11H14N2O3S/c1-3-16-11(15)10-7(4-9(14)13-10)8-5-17-6(2)12-8/h5,7,10H,3-4H2,1-2H3,(H,13,14). The summed E-state index contributed by atoms with van der Waals surface area (Å²) in [5, 5.41) is 5.48. The van der Waals surface area contributed by atoms with Crippen LogP contribution in [0.4, 0.5) is 0 Å². The molecule has 2 unspecified atom stereocenters. The molecule has 0 radical (unpaired) electrons. The van der Waals surface area contributed by atoms with Crippen LogP contribution < -0.4 is 5.32 Å². The second-order valence-electron chi connectivity index (χ2n) is 3.90. The van der Waals surface area contributed by atoms with E-state index in [4.69, 9.17) is 4.74 Å². The number of nitrogens with zero attached hydrogens (tertiary/aromatic N) is 1. The summed E-state index contributed by atoms with van der Waals surface area (Å²) in [5.41, 5.74) is 0.795. The minimum absolute atomic E-state index is 0.126. The van der Waals surface area contributed by atoms with Gasteiger partial charge in [-0.25, -0.2) is 9.78 Å². The van der Waals surface area contributed by atoms with Gasteiger partial charge in [-0.3, -0.25) is 4.79 Å². The van der Waals surface area contributed by atoms with Crippen molar-refractivity contribution in [3.05, 3.63) is 16.1 Å². The van der Waals surface area contributed by atoms with Gasteiger partial charge in [-0.15, -0.1) is 11.3 Å². The predicted molar refractivity (Wildman–Crippen MR) is 62.8 cm³/mol. The summed E-state index contributed by atoms with van der Waals surface area (Å²) in [6.07, 6.45) is 0.298. The SMILES string of the molecule is CCOC(=O)C1NC(=O)CC1c1csc(C)n1. The number of hydrogen-bond donors (Lipinski definition) is 1. The van der Waals surface area contributed by atoms with Gasteiger partial charge in [0.15, 0.2) is 0 Å². The average Bonchev–Trinajstić information content (AvgIpc) is 2.84. The second kappa shape index (κ2) is 4.83. The number of thiazole rings is 1. The molecule has 6 heteroatoms. The van der Waals surface area contributed by atoms with Gasteiger partial charge in [0.2, 0.25) is 5.91 Å². The van der Waals surface area contributed by atoms with Crippen LogP contribution in [0.5, 0.6) is 0 Å². The Bertz CT molecular complexity index is 444. The number of ether oxygens (including phenoxy) is 1. The highest BCUT2D eigenvalue weighted by Gasteiger charge is 2.40. The van der Waals surface area contributed by atoms with E-state index in [9.17, 15) is 9.59 Å². The molecular formula is C11H14N2O3S. The lowest BCUT2D eigenvalue weighted by Gasteiger charge is -2.15. The fraction of sp³-hybridized carbons (Fsp3) is 0.545. The van der Waals surface area contributed by atoms with Crippen LogP contribution in [0.3, 0.4) is 0 Å². The smallest absolute Gasteiger partial charge is 0.329 e. The highest BCUT2D eigenvalue weighted by molar-refractivity contribution is 7.09. The summed E-state index contributed by atoms with van der Waals surface area (Å²) in [5.74, 6) is -0.709. The summed E-state index contributed by atoms with van der Waals surface area (Å²) in [7, 11) is 0. The van der Waals surface area contributed by atoms with Gasteiger partial charge < -0.3 is 10.1 Å². The Morgan fingerprint density at radius 1 is 1.71 bits per heavy atom. The normalized spacial score (nSPS) is 23.5. The lowest BCUT2D eigenvalue weighted by Crippen LogP contribution is -2.37. The Kier molecular flexibility index (Phi) is 3.42. The summed E-state index contributed by atoms with van der Waals surface area (Å²) in [6.45, 7) is 3.96. The molecule has 1 fully saturated rings. The lowest BCUT2D eigenvalue weighted by atomic mass is 9.98. The first kappa shape index (κ1) is 12.0. The van der Waals surface area contributed by atoms with Crippen molar-refractivity contribution in [1.29, 1.82) is 0 Å². The van der Waals surface area contributed by atoms with E-state index in [2.05, 4.69) is 10.3 Å². The first-order chi connectivity index (χ1) is 8.11. The zero-order valence-electron chi connectivity index (χ0n) is 9.73. The van der Waals surface area contributed by atoms with Gasteiger partial charge in [0.05, 0.1) is 17.3 Å². The lowest BCUT2D eigenvalue weighted by molar-refractivity contribution is -0.146. The number of nitrogens with one attached hydrogen (secondary N) is 1. The van der Waals surface area contributed by atoms with Gasteiger partial charge in [-0.2, -0.15) is 0 Å². The number of hydrogen-bond acceptors (Lipinski definition) is 5. The van der Waals surface area contributed by atoms with Gasteiger partial charge >= 0.3 is 5.97 Å². The largest absolute Gasteiger partial charge is 0.464 e. The number of aromatic nitrogens is 1. The van der Waals surface area contributed by atoms with E-state index in [-0.39, 0.29) is 17.8 Å². The summed E-state index contributed by atoms with van der Waals surface area (Å²) >= 11 is 1.52. The maximum absolute atomic E-state index is 11.7. The van der Waals surface area contributed by atoms with Crippen LogP contribution in [-0.4, -0.2) is 29.5 Å². The topological polar surface area (TPSA) is 68.3 Å². The molecule has 2 rings (SSSR count). The first-order valence-corrected chi connectivity index (χ1v) is 6.37. The number of carbonyl (C=O) groups is 2. The summed E-state index contributed by atoms with van der Waals surface area (Å²) in [6, 6.07) is -0.594. The van der Waals surface area contributed by atoms with E-state index in [0.29, 0.717) is 13.0 Å². The van der Waals surface area contributed by atoms with Gasteiger partial charge in [0, 0.05) is 17.7 Å². The Morgan fingerprint density at radius 2 is 2.47 bits per heavy atom. The molecule has 2 heterocycles. The van der Waals surface area contributed by atoms with Crippen LogP contribution >= 0.6 is 11.3 Å². The van der Waals surface area contributed by atoms with Crippen molar-refractivity contribution in [2.24, 2.45) is 0 Å². The number of amides is 1. The van der Waals surface area contributed by atoms with Crippen LogP contribution in [0.2, 0.25) is 0 Å². The van der Waals surface area contributed by atoms with Crippen molar-refractivity contribution in [2.45, 2.75) is 32.2 Å². The van der Waals surface area contributed by atoms with Crippen molar-refractivity contribution in [2.75, 3.05) is 6.61 Å². The minimum Gasteiger partial charge on any atom is -0.464 e. The molecule has 92 valence electrons. The van der Waals surface area contributed by atoms with Crippen LogP contribution in [0.25, 0.3) is 0 Å². The number of esters is 1. The molecule has 1 amide bonds. The van der Waals surface area contributed by atoms with Gasteiger partial charge in [-0.1, -0.05) is 0 Å². The minimum atomic E-state index is -0.594. The number of aryl methyl sites for hydroxylation is 1. The third-order valence-electron chi connectivity index (χ3n) is 2.68. The maximum Gasteiger partial charge on any atom is 0.329 e. The van der Waals surface area contributed by atoms with Gasteiger partial charge in [0.25, 0.3) is 0 Å². The Morgan fingerprint density at radius 3 is 3.06 bits per heavy atom. The van der Waals surface area contributed by atoms with Crippen LogP contribution in [-0.2, 0) is 14.3 Å². The molecule has 1 aromatic rings. The Balaban J connectivity index is 2.19. The molecule has 1 aromatic heterocycles. The molecule has 1 saturated heterocycles. The van der Waals surface area contributed by atoms with Crippen molar-refractivity contribution in [3.63, 3.8) is 0 Å². The first-order valence-electron chi connectivity index (χ1n) is 5.50. The molecule has 17 heavy (non-hydrogen) atoms. The van der Waals surface area contributed by atoms with Crippen LogP contribution in [0, 0.1) is 6.92 Å². The molecule has 0 aliphatic carbocycles. The molecular weight excluding hydrogens is 240 g/mol. The number of carbonyl (C=O) groups excluding carboxylic acids is 2. The van der Waals surface area contributed by atoms with Crippen molar-refractivity contribution < 1.29 is 14.3 Å². The molecule has 0 aromatic carbocycles. The van der Waals surface area contributed by atoms with Crippen molar-refractivity contribution in [1.82, 2.24) is 10.3 Å². The fourth-order valence-corrected chi connectivity index (χ4v) is 2.61. The summed E-state index contributed by atoms with van der Waals surface area (Å²) in [4.78, 5) is 27.5. The van der Waals surface area contributed by atoms with Crippen LogP contribution in [0.1, 0.15) is 30.0 Å².